The van der Waals surface area contributed by atoms with E-state index in [2.05, 4.69) is 49.5 Å². The van der Waals surface area contributed by atoms with Crippen molar-refractivity contribution in [1.82, 2.24) is 19.2 Å². The van der Waals surface area contributed by atoms with Crippen LogP contribution in [0.15, 0.2) is 42.0 Å². The number of piperazine rings is 1. The third-order valence-electron chi connectivity index (χ3n) is 8.82. The van der Waals surface area contributed by atoms with Gasteiger partial charge in [-0.15, -0.1) is 11.3 Å². The van der Waals surface area contributed by atoms with E-state index in [1.165, 1.54) is 28.8 Å². The summed E-state index contributed by atoms with van der Waals surface area (Å²) in [6.45, 7) is 6.76. The van der Waals surface area contributed by atoms with Gasteiger partial charge < -0.3 is 31.0 Å². The van der Waals surface area contributed by atoms with E-state index in [-0.39, 0.29) is 0 Å². The number of carbonyl (C=O) groups excluding carboxylic acids is 1. The van der Waals surface area contributed by atoms with Gasteiger partial charge in [-0.05, 0) is 48.4 Å². The zero-order chi connectivity index (χ0) is 31.7. The van der Waals surface area contributed by atoms with Crippen LogP contribution in [0.4, 0.5) is 28.6 Å². The number of benzene rings is 1. The summed E-state index contributed by atoms with van der Waals surface area (Å²) in [6, 6.07) is 8.60. The smallest absolute Gasteiger partial charge is 0.260 e. The number of methoxy groups -OCH3 is 1. The summed E-state index contributed by atoms with van der Waals surface area (Å²) in [5, 5.41) is 9.57. The second kappa shape index (κ2) is 12.9. The van der Waals surface area contributed by atoms with E-state index < -0.39 is 15.9 Å². The van der Waals surface area contributed by atoms with E-state index in [4.69, 9.17) is 10.5 Å². The molecule has 0 unspecified atom stereocenters. The summed E-state index contributed by atoms with van der Waals surface area (Å²) in [4.78, 5) is 25.0. The fourth-order valence-electron chi connectivity index (χ4n) is 6.44. The minimum Gasteiger partial charge on any atom is -0.494 e. The zero-order valence-electron chi connectivity index (χ0n) is 25.8. The molecule has 0 atom stereocenters. The molecule has 240 valence electrons. The topological polar surface area (TPSA) is 149 Å². The van der Waals surface area contributed by atoms with Crippen molar-refractivity contribution < 1.29 is 17.9 Å². The molecule has 2 fully saturated rings. The van der Waals surface area contributed by atoms with Crippen molar-refractivity contribution in [2.24, 2.45) is 5.73 Å². The number of aromatic amines is 1. The molecule has 2 aliphatic heterocycles. The van der Waals surface area contributed by atoms with Crippen molar-refractivity contribution in [3.05, 3.63) is 52.5 Å². The molecule has 6 rings (SSSR count). The molecular formula is C31H40N8O4S2. The molecule has 1 amide bonds. The number of sulfonamides is 1. The molecule has 45 heavy (non-hydrogen) atoms. The molecule has 12 nitrogen and oxygen atoms in total. The number of carbonyl (C=O) groups is 1. The molecule has 0 bridgehead atoms. The van der Waals surface area contributed by atoms with Crippen LogP contribution in [0.2, 0.25) is 0 Å². The highest BCUT2D eigenvalue weighted by molar-refractivity contribution is 7.88. The molecule has 1 aromatic carbocycles. The summed E-state index contributed by atoms with van der Waals surface area (Å²) in [6.07, 6.45) is 7.73. The number of rotatable bonds is 10. The summed E-state index contributed by atoms with van der Waals surface area (Å²) >= 11 is 1.30. The molecule has 0 spiro atoms. The molecule has 2 aliphatic rings. The Kier molecular flexibility index (Phi) is 8.91. The Morgan fingerprint density at radius 2 is 1.82 bits per heavy atom. The second-order valence-electron chi connectivity index (χ2n) is 11.6. The average molecular weight is 653 g/mol. The Labute approximate surface area is 267 Å². The lowest BCUT2D eigenvalue weighted by molar-refractivity contribution is 0.100. The number of primary amides is 1. The van der Waals surface area contributed by atoms with E-state index in [9.17, 15) is 13.2 Å². The van der Waals surface area contributed by atoms with Crippen LogP contribution in [0.1, 0.15) is 35.0 Å². The molecule has 0 aliphatic carbocycles. The largest absolute Gasteiger partial charge is 0.494 e. The number of anilines is 5. The number of nitrogens with two attached hydrogens (primary N) is 1. The van der Waals surface area contributed by atoms with Crippen LogP contribution >= 0.6 is 11.3 Å². The van der Waals surface area contributed by atoms with Gasteiger partial charge in [0.15, 0.2) is 0 Å². The number of hydrogen-bond acceptors (Lipinski definition) is 10. The molecule has 4 aromatic rings. The number of aromatic nitrogens is 2. The van der Waals surface area contributed by atoms with Crippen molar-refractivity contribution >= 4 is 66.7 Å². The summed E-state index contributed by atoms with van der Waals surface area (Å²) in [7, 11) is -1.44. The van der Waals surface area contributed by atoms with E-state index >= 15 is 0 Å². The van der Waals surface area contributed by atoms with Crippen LogP contribution in [-0.4, -0.2) is 92.2 Å². The van der Waals surface area contributed by atoms with Crippen LogP contribution in [-0.2, 0) is 16.4 Å². The molecule has 0 radical (unpaired) electrons. The van der Waals surface area contributed by atoms with E-state index in [1.54, 1.807) is 23.8 Å². The number of amides is 1. The number of pyridine rings is 1. The maximum Gasteiger partial charge on any atom is 0.260 e. The quantitative estimate of drug-likeness (QED) is 0.196. The molecule has 2 saturated heterocycles. The average Bonchev–Trinajstić information content (AvgIpc) is 3.68. The minimum absolute atomic E-state index is 0.467. The maximum atomic E-state index is 11.9. The number of nitrogens with zero attached hydrogens (tertiary/aromatic N) is 4. The number of thiophene rings is 1. The van der Waals surface area contributed by atoms with Gasteiger partial charge in [-0.3, -0.25) is 14.7 Å². The number of piperidine rings is 1. The molecule has 14 heteroatoms. The SMILES string of the molecule is CCc1cc(Nc2cc3c(Nc4ccsc4C(N)=O)cncc3[nH]2)c(OC)cc1N1CCC(N2CCN(S(C)(=O)=O)CC2)CC1. The number of ether oxygens (including phenoxy) is 1. The minimum atomic E-state index is -3.13. The van der Waals surface area contributed by atoms with Gasteiger partial charge >= 0.3 is 0 Å². The Morgan fingerprint density at radius 3 is 2.49 bits per heavy atom. The van der Waals surface area contributed by atoms with Crippen molar-refractivity contribution in [3.63, 3.8) is 0 Å². The van der Waals surface area contributed by atoms with Gasteiger partial charge in [0.25, 0.3) is 5.91 Å². The Balaban J connectivity index is 1.17. The van der Waals surface area contributed by atoms with Crippen molar-refractivity contribution in [1.29, 1.82) is 0 Å². The van der Waals surface area contributed by atoms with Gasteiger partial charge in [-0.25, -0.2) is 8.42 Å². The number of aryl methyl sites for hydroxylation is 1. The van der Waals surface area contributed by atoms with E-state index in [1.807, 2.05) is 17.5 Å². The van der Waals surface area contributed by atoms with Crippen molar-refractivity contribution in [2.75, 3.05) is 68.2 Å². The summed E-state index contributed by atoms with van der Waals surface area (Å²) in [5.41, 5.74) is 11.1. The maximum absolute atomic E-state index is 11.9. The monoisotopic (exact) mass is 652 g/mol. The first-order valence-corrected chi connectivity index (χ1v) is 17.9. The fraction of sp³-hybridized carbons (Fsp3) is 0.419. The van der Waals surface area contributed by atoms with Crippen LogP contribution in [0.3, 0.4) is 0 Å². The molecule has 3 aromatic heterocycles. The van der Waals surface area contributed by atoms with Crippen LogP contribution in [0.25, 0.3) is 10.9 Å². The lowest BCUT2D eigenvalue weighted by Gasteiger charge is -2.43. The normalized spacial score (nSPS) is 17.1. The molecular weight excluding hydrogens is 613 g/mol. The van der Waals surface area contributed by atoms with Gasteiger partial charge in [0.05, 0.1) is 48.3 Å². The fourth-order valence-corrected chi connectivity index (χ4v) is 7.97. The summed E-state index contributed by atoms with van der Waals surface area (Å²) in [5.74, 6) is 1.06. The van der Waals surface area contributed by atoms with Gasteiger partial charge in [-0.1, -0.05) is 6.92 Å². The second-order valence-corrected chi connectivity index (χ2v) is 14.5. The first-order valence-electron chi connectivity index (χ1n) is 15.2. The van der Waals surface area contributed by atoms with E-state index in [0.717, 1.165) is 79.3 Å². The Morgan fingerprint density at radius 1 is 1.07 bits per heavy atom. The van der Waals surface area contributed by atoms with Gasteiger partial charge in [0, 0.05) is 62.5 Å². The first-order chi connectivity index (χ1) is 21.6. The van der Waals surface area contributed by atoms with Crippen LogP contribution in [0, 0.1) is 0 Å². The van der Waals surface area contributed by atoms with Crippen LogP contribution in [0.5, 0.6) is 5.75 Å². The zero-order valence-corrected chi connectivity index (χ0v) is 27.4. The number of fused-ring (bicyclic) bond motifs is 1. The van der Waals surface area contributed by atoms with Crippen LogP contribution < -0.4 is 26.0 Å². The Hall–Kier alpha value is -3.85. The van der Waals surface area contributed by atoms with E-state index in [0.29, 0.717) is 29.7 Å². The number of H-pyrrole nitrogens is 1. The summed E-state index contributed by atoms with van der Waals surface area (Å²) < 4.78 is 31.3. The molecule has 5 heterocycles. The number of hydrogen-bond donors (Lipinski definition) is 4. The molecule has 5 N–H and O–H groups in total. The third-order valence-corrected chi connectivity index (χ3v) is 11.1. The van der Waals surface area contributed by atoms with Crippen molar-refractivity contribution in [3.8, 4) is 5.75 Å². The lowest BCUT2D eigenvalue weighted by atomic mass is 9.99. The van der Waals surface area contributed by atoms with Gasteiger partial charge in [0.2, 0.25) is 10.0 Å². The highest BCUT2D eigenvalue weighted by Gasteiger charge is 2.30. The lowest BCUT2D eigenvalue weighted by Crippen LogP contribution is -2.54. The van der Waals surface area contributed by atoms with Crippen molar-refractivity contribution in [2.45, 2.75) is 32.2 Å². The predicted octanol–water partition coefficient (Wildman–Crippen LogP) is 4.33. The standard InChI is InChI=1S/C31H40N8O4S2/c1-4-20-15-24(35-29-16-22-25(18-33-19-26(22)36-29)34-23-7-14-44-30(23)31(32)40)28(43-2)17-27(20)38-8-5-21(6-9-38)37-10-12-39(13-11-37)45(3,41)42/h7,14-19,21,34-36H,4-6,8-13H2,1-3H3,(H2,32,40). The molecule has 0 saturated carbocycles. The van der Waals surface area contributed by atoms with Gasteiger partial charge in [-0.2, -0.15) is 4.31 Å². The highest BCUT2D eigenvalue weighted by atomic mass is 32.2. The van der Waals surface area contributed by atoms with Gasteiger partial charge in [0.1, 0.15) is 16.4 Å². The number of nitrogens with one attached hydrogen (secondary N) is 3. The predicted molar refractivity (Wildman–Crippen MR) is 181 cm³/mol. The highest BCUT2D eigenvalue weighted by Crippen LogP contribution is 2.38. The first kappa shape index (κ1) is 31.1. The third kappa shape index (κ3) is 6.59. The Bertz CT molecular complexity index is 1790.